The van der Waals surface area contributed by atoms with E-state index in [4.69, 9.17) is 19.5 Å². The van der Waals surface area contributed by atoms with Crippen LogP contribution in [0.3, 0.4) is 0 Å². The summed E-state index contributed by atoms with van der Waals surface area (Å²) in [5.41, 5.74) is 2.88. The van der Waals surface area contributed by atoms with E-state index in [1.54, 1.807) is 30.5 Å². The number of amides is 2. The second kappa shape index (κ2) is 16.1. The number of aryl methyl sites for hydroxylation is 1. The first kappa shape index (κ1) is 32.1. The van der Waals surface area contributed by atoms with Crippen molar-refractivity contribution < 1.29 is 23.8 Å². The van der Waals surface area contributed by atoms with Crippen molar-refractivity contribution in [2.24, 2.45) is 0 Å². The van der Waals surface area contributed by atoms with Gasteiger partial charge in [-0.15, -0.1) is 0 Å². The van der Waals surface area contributed by atoms with E-state index in [0.29, 0.717) is 55.4 Å². The summed E-state index contributed by atoms with van der Waals surface area (Å²) in [6, 6.07) is 27.1. The Hall–Kier alpha value is -5.31. The highest BCUT2D eigenvalue weighted by molar-refractivity contribution is 5.97. The number of aromatic nitrogens is 2. The summed E-state index contributed by atoms with van der Waals surface area (Å²) in [5.74, 6) is 0.0205. The van der Waals surface area contributed by atoms with Gasteiger partial charge in [-0.3, -0.25) is 9.78 Å². The molecule has 5 rings (SSSR count). The molecular weight excluding hydrogens is 584 g/mol. The Morgan fingerprint density at radius 3 is 2.26 bits per heavy atom. The van der Waals surface area contributed by atoms with Crippen LogP contribution in [0, 0.1) is 11.3 Å². The van der Waals surface area contributed by atoms with Gasteiger partial charge in [-0.25, -0.2) is 9.78 Å². The second-order valence-corrected chi connectivity index (χ2v) is 10.8. The third kappa shape index (κ3) is 8.65. The summed E-state index contributed by atoms with van der Waals surface area (Å²) in [6.07, 6.45) is 3.23. The Morgan fingerprint density at radius 2 is 1.61 bits per heavy atom. The lowest BCUT2D eigenvalue weighted by Crippen LogP contribution is -2.48. The van der Waals surface area contributed by atoms with Crippen molar-refractivity contribution in [3.05, 3.63) is 120 Å². The minimum Gasteiger partial charge on any atom is -0.491 e. The molecule has 0 radical (unpaired) electrons. The molecule has 236 valence electrons. The molecule has 11 nitrogen and oxygen atoms in total. The van der Waals surface area contributed by atoms with Crippen molar-refractivity contribution >= 4 is 17.8 Å². The maximum absolute atomic E-state index is 14.0. The van der Waals surface area contributed by atoms with Crippen molar-refractivity contribution in [2.45, 2.75) is 37.0 Å². The maximum atomic E-state index is 14.0. The van der Waals surface area contributed by atoms with Gasteiger partial charge >= 0.3 is 6.09 Å². The average molecular weight is 621 g/mol. The Labute approximate surface area is 267 Å². The van der Waals surface area contributed by atoms with Gasteiger partial charge in [0.15, 0.2) is 5.82 Å². The molecule has 1 saturated heterocycles. The normalized spacial score (nSPS) is 16.5. The van der Waals surface area contributed by atoms with Gasteiger partial charge in [-0.2, -0.15) is 5.26 Å². The van der Waals surface area contributed by atoms with Crippen LogP contribution < -0.4 is 20.7 Å². The molecule has 3 atom stereocenters. The molecule has 0 saturated carbocycles. The van der Waals surface area contributed by atoms with Crippen LogP contribution in [-0.2, 0) is 20.7 Å². The van der Waals surface area contributed by atoms with Crippen molar-refractivity contribution in [3.63, 3.8) is 0 Å². The number of nitrogens with zero attached hydrogens (tertiary/aromatic N) is 3. The number of hydrogen-bond donors (Lipinski definition) is 3. The van der Waals surface area contributed by atoms with Crippen LogP contribution in [0.2, 0.25) is 0 Å². The van der Waals surface area contributed by atoms with E-state index in [9.17, 15) is 9.59 Å². The van der Waals surface area contributed by atoms with Crippen molar-refractivity contribution in [3.8, 4) is 11.8 Å². The quantitative estimate of drug-likeness (QED) is 0.212. The molecule has 11 heteroatoms. The fourth-order valence-electron chi connectivity index (χ4n) is 5.39. The van der Waals surface area contributed by atoms with Gasteiger partial charge in [-0.05, 0) is 48.2 Å². The molecule has 0 bridgehead atoms. The number of methoxy groups -OCH3 is 1. The van der Waals surface area contributed by atoms with Crippen LogP contribution >= 0.6 is 0 Å². The summed E-state index contributed by atoms with van der Waals surface area (Å²) in [5, 5.41) is 18.1. The van der Waals surface area contributed by atoms with E-state index in [1.807, 2.05) is 60.7 Å². The summed E-state index contributed by atoms with van der Waals surface area (Å²) < 4.78 is 17.1. The molecule has 2 heterocycles. The molecule has 2 amide bonds. The van der Waals surface area contributed by atoms with E-state index in [2.05, 4.69) is 32.0 Å². The number of nitrogens with one attached hydrogen (secondary N) is 3. The van der Waals surface area contributed by atoms with Crippen molar-refractivity contribution in [2.75, 3.05) is 32.1 Å². The van der Waals surface area contributed by atoms with E-state index < -0.39 is 24.0 Å². The zero-order chi connectivity index (χ0) is 32.1. The van der Waals surface area contributed by atoms with Gasteiger partial charge in [0.05, 0.1) is 30.5 Å². The second-order valence-electron chi connectivity index (χ2n) is 10.8. The third-order valence-electron chi connectivity index (χ3n) is 7.66. The SMILES string of the molecule is COC(=O)N[C@H](C(=O)Nc1nccnc1CC[C@@H]1CNC[C@@H](COc2ccc(C#N)cc2)O1)C(c1ccccc1)c1ccccc1. The number of anilines is 1. The topological polar surface area (TPSA) is 147 Å². The van der Waals surface area contributed by atoms with Crippen LogP contribution in [0.1, 0.15) is 34.7 Å². The Bertz CT molecular complexity index is 1570. The fraction of sp³-hybridized carbons (Fsp3) is 0.286. The summed E-state index contributed by atoms with van der Waals surface area (Å²) in [4.78, 5) is 35.4. The van der Waals surface area contributed by atoms with Gasteiger partial charge in [0, 0.05) is 31.4 Å². The van der Waals surface area contributed by atoms with Gasteiger partial charge in [0.1, 0.15) is 24.5 Å². The minimum atomic E-state index is -1.02. The van der Waals surface area contributed by atoms with E-state index >= 15 is 0 Å². The van der Waals surface area contributed by atoms with Crippen LogP contribution in [-0.4, -0.2) is 67.0 Å². The predicted molar refractivity (Wildman–Crippen MR) is 171 cm³/mol. The molecule has 3 aromatic carbocycles. The first-order chi connectivity index (χ1) is 22.5. The lowest BCUT2D eigenvalue weighted by atomic mass is 9.84. The molecule has 0 spiro atoms. The molecule has 1 aliphatic rings. The molecule has 3 N–H and O–H groups in total. The van der Waals surface area contributed by atoms with E-state index in [0.717, 1.165) is 11.1 Å². The molecule has 1 aromatic heterocycles. The van der Waals surface area contributed by atoms with Gasteiger partial charge < -0.3 is 30.2 Å². The van der Waals surface area contributed by atoms with Gasteiger partial charge in [0.2, 0.25) is 5.91 Å². The minimum absolute atomic E-state index is 0.108. The molecular formula is C35H36N6O5. The van der Waals surface area contributed by atoms with Crippen molar-refractivity contribution in [1.82, 2.24) is 20.6 Å². The predicted octanol–water partition coefficient (Wildman–Crippen LogP) is 4.21. The highest BCUT2D eigenvalue weighted by Crippen LogP contribution is 2.29. The first-order valence-electron chi connectivity index (χ1n) is 15.1. The summed E-state index contributed by atoms with van der Waals surface area (Å²) in [6.45, 7) is 1.68. The number of hydrogen-bond acceptors (Lipinski definition) is 9. The van der Waals surface area contributed by atoms with Crippen LogP contribution in [0.25, 0.3) is 0 Å². The molecule has 1 aliphatic heterocycles. The monoisotopic (exact) mass is 620 g/mol. The number of alkyl carbamates (subject to hydrolysis) is 1. The summed E-state index contributed by atoms with van der Waals surface area (Å²) in [7, 11) is 1.26. The van der Waals surface area contributed by atoms with Gasteiger partial charge in [0.25, 0.3) is 0 Å². The largest absolute Gasteiger partial charge is 0.491 e. The standard InChI is InChI=1S/C35H36N6O5/c1-44-35(43)40-32(31(25-8-4-2-5-9-25)26-10-6-3-7-11-26)34(42)41-33-30(38-18-19-39-33)17-16-28-21-37-22-29(46-28)23-45-27-14-12-24(20-36)13-15-27/h2-15,18-19,28-29,31-32,37H,16-17,21-23H2,1H3,(H,40,43)(H,39,41,42)/t28-,29+,32+/m1/s1. The number of carbonyl (C=O) groups is 2. The fourth-order valence-corrected chi connectivity index (χ4v) is 5.39. The van der Waals surface area contributed by atoms with Crippen molar-refractivity contribution in [1.29, 1.82) is 5.26 Å². The van der Waals surface area contributed by atoms with Gasteiger partial charge in [-0.1, -0.05) is 60.7 Å². The van der Waals surface area contributed by atoms with Crippen LogP contribution in [0.15, 0.2) is 97.3 Å². The zero-order valence-corrected chi connectivity index (χ0v) is 25.5. The number of benzene rings is 3. The number of rotatable bonds is 12. The van der Waals surface area contributed by atoms with Crippen LogP contribution in [0.5, 0.6) is 5.75 Å². The zero-order valence-electron chi connectivity index (χ0n) is 25.5. The summed E-state index contributed by atoms with van der Waals surface area (Å²) >= 11 is 0. The van der Waals surface area contributed by atoms with Crippen LogP contribution in [0.4, 0.5) is 10.6 Å². The first-order valence-corrected chi connectivity index (χ1v) is 15.1. The average Bonchev–Trinajstić information content (AvgIpc) is 3.11. The molecule has 4 aromatic rings. The highest BCUT2D eigenvalue weighted by atomic mass is 16.5. The number of ether oxygens (including phenoxy) is 3. The molecule has 0 unspecified atom stereocenters. The Balaban J connectivity index is 1.26. The Morgan fingerprint density at radius 1 is 0.957 bits per heavy atom. The third-order valence-corrected chi connectivity index (χ3v) is 7.66. The molecule has 46 heavy (non-hydrogen) atoms. The number of morpholine rings is 1. The molecule has 0 aliphatic carbocycles. The maximum Gasteiger partial charge on any atom is 0.407 e. The Kier molecular flexibility index (Phi) is 11.3. The number of nitriles is 1. The lowest BCUT2D eigenvalue weighted by molar-refractivity contribution is -0.118. The van der Waals surface area contributed by atoms with E-state index in [1.165, 1.54) is 13.3 Å². The molecule has 1 fully saturated rings. The lowest BCUT2D eigenvalue weighted by Gasteiger charge is -2.31. The van der Waals surface area contributed by atoms with E-state index in [-0.39, 0.29) is 12.2 Å². The smallest absolute Gasteiger partial charge is 0.407 e. The number of carbonyl (C=O) groups excluding carboxylic acids is 2. The highest BCUT2D eigenvalue weighted by Gasteiger charge is 2.33.